The molecular formula is C28H34N2O9. The standard InChI is InChI=1S/C28H34N2O9/c1-9-37-24(33)21-19-17-13-16(30(35)36)11-12-18(17)39-23(32)20(19)22(29-27(7,8)14-26(4,5)6)28(21,15(3)31)25(34)38-10-2/h11-13,29H,9-10,14H2,1-8H3. The van der Waals surface area contributed by atoms with Crippen LogP contribution in [0.3, 0.4) is 0 Å². The van der Waals surface area contributed by atoms with Gasteiger partial charge in [-0.25, -0.2) is 9.59 Å². The average Bonchev–Trinajstić information content (AvgIpc) is 3.09. The molecule has 11 heteroatoms. The molecule has 0 saturated heterocycles. The van der Waals surface area contributed by atoms with Crippen LogP contribution in [0.1, 0.15) is 61.8 Å². The summed E-state index contributed by atoms with van der Waals surface area (Å²) < 4.78 is 16.2. The zero-order valence-corrected chi connectivity index (χ0v) is 23.5. The maximum atomic E-state index is 13.8. The summed E-state index contributed by atoms with van der Waals surface area (Å²) in [5, 5.41) is 14.4. The van der Waals surface area contributed by atoms with Crippen molar-refractivity contribution >= 4 is 45.6 Å². The van der Waals surface area contributed by atoms with Crippen LogP contribution < -0.4 is 21.4 Å². The Kier molecular flexibility index (Phi) is 7.78. The van der Waals surface area contributed by atoms with Gasteiger partial charge in [-0.1, -0.05) is 20.8 Å². The molecule has 0 aliphatic heterocycles. The second-order valence-electron chi connectivity index (χ2n) is 11.3. The zero-order valence-electron chi connectivity index (χ0n) is 23.5. The Hall–Kier alpha value is -4.02. The first-order valence-corrected chi connectivity index (χ1v) is 12.7. The quantitative estimate of drug-likeness (QED) is 0.164. The Morgan fingerprint density at radius 2 is 1.67 bits per heavy atom. The molecule has 1 atom stereocenters. The van der Waals surface area contributed by atoms with Gasteiger partial charge in [0.25, 0.3) is 5.69 Å². The van der Waals surface area contributed by atoms with Crippen LogP contribution in [0.15, 0.2) is 27.4 Å². The number of carbonyl (C=O) groups excluding carboxylic acids is 3. The van der Waals surface area contributed by atoms with Gasteiger partial charge in [-0.3, -0.25) is 19.7 Å². The topological polar surface area (TPSA) is 155 Å². The number of benzene rings is 1. The number of hydrogen-bond acceptors (Lipinski definition) is 10. The number of ketones is 1. The molecule has 11 nitrogen and oxygen atoms in total. The molecule has 0 saturated carbocycles. The number of nitrogens with zero attached hydrogens (tertiary/aromatic N) is 1. The number of non-ortho nitro benzene ring substituents is 1. The van der Waals surface area contributed by atoms with Crippen molar-refractivity contribution in [1.82, 2.24) is 5.32 Å². The fourth-order valence-electron chi connectivity index (χ4n) is 5.55. The molecule has 1 heterocycles. The van der Waals surface area contributed by atoms with Crippen molar-refractivity contribution in [3.63, 3.8) is 0 Å². The van der Waals surface area contributed by atoms with E-state index in [2.05, 4.69) is 5.32 Å². The predicted molar refractivity (Wildman–Crippen MR) is 143 cm³/mol. The zero-order chi connectivity index (χ0) is 29.5. The molecule has 0 fully saturated rings. The van der Waals surface area contributed by atoms with E-state index in [4.69, 9.17) is 13.9 Å². The summed E-state index contributed by atoms with van der Waals surface area (Å²) in [7, 11) is 0. The number of nitrogens with one attached hydrogen (secondary N) is 1. The molecule has 210 valence electrons. The van der Waals surface area contributed by atoms with Gasteiger partial charge in [0.1, 0.15) is 5.58 Å². The summed E-state index contributed by atoms with van der Waals surface area (Å²) >= 11 is 0. The predicted octanol–water partition coefficient (Wildman–Crippen LogP) is 2.48. The maximum Gasteiger partial charge on any atom is 0.346 e. The van der Waals surface area contributed by atoms with Crippen LogP contribution in [0.25, 0.3) is 22.2 Å². The van der Waals surface area contributed by atoms with Crippen LogP contribution in [0.5, 0.6) is 0 Å². The molecule has 3 rings (SSSR count). The fourth-order valence-corrected chi connectivity index (χ4v) is 5.55. The molecule has 0 bridgehead atoms. The summed E-state index contributed by atoms with van der Waals surface area (Å²) in [6.07, 6.45) is 0.523. The first kappa shape index (κ1) is 29.5. The second-order valence-corrected chi connectivity index (χ2v) is 11.3. The number of hydrogen-bond donors (Lipinski definition) is 1. The molecular weight excluding hydrogens is 508 g/mol. The van der Waals surface area contributed by atoms with Crippen LogP contribution in [-0.4, -0.2) is 41.4 Å². The summed E-state index contributed by atoms with van der Waals surface area (Å²) in [5.74, 6) is -2.91. The van der Waals surface area contributed by atoms with Gasteiger partial charge in [0.05, 0.1) is 34.6 Å². The third kappa shape index (κ3) is 5.17. The lowest BCUT2D eigenvalue weighted by Gasteiger charge is -2.39. The molecule has 1 aromatic heterocycles. The van der Waals surface area contributed by atoms with Crippen molar-refractivity contribution in [3.05, 3.63) is 49.2 Å². The van der Waals surface area contributed by atoms with Crippen molar-refractivity contribution in [1.29, 1.82) is 0 Å². The average molecular weight is 543 g/mol. The van der Waals surface area contributed by atoms with Crippen LogP contribution >= 0.6 is 0 Å². The normalized spacial score (nSPS) is 17.1. The Balaban J connectivity index is 2.71. The number of carbonyl (C=O) groups is 3. The SMILES string of the molecule is CCOC(=O)C1=c2c(c(=O)oc3ccc([N+](=O)[O-])cc23)=C(NC(C)(C)CC(C)(C)C)C1(C(C)=O)C(=O)OCC. The van der Waals surface area contributed by atoms with Gasteiger partial charge in [-0.15, -0.1) is 0 Å². The van der Waals surface area contributed by atoms with E-state index in [1.807, 2.05) is 34.6 Å². The highest BCUT2D eigenvalue weighted by atomic mass is 16.6. The van der Waals surface area contributed by atoms with E-state index in [1.54, 1.807) is 13.8 Å². The van der Waals surface area contributed by atoms with Gasteiger partial charge < -0.3 is 19.2 Å². The molecule has 0 amide bonds. The second kappa shape index (κ2) is 10.3. The lowest BCUT2D eigenvalue weighted by atomic mass is 9.74. The number of ether oxygens (including phenoxy) is 2. The molecule has 1 aromatic carbocycles. The number of rotatable bonds is 9. The number of fused-ring (bicyclic) bond motifs is 3. The monoisotopic (exact) mass is 542 g/mol. The highest BCUT2D eigenvalue weighted by Gasteiger charge is 2.59. The van der Waals surface area contributed by atoms with E-state index >= 15 is 0 Å². The smallest absolute Gasteiger partial charge is 0.346 e. The Bertz CT molecular complexity index is 1560. The first-order chi connectivity index (χ1) is 18.0. The van der Waals surface area contributed by atoms with Gasteiger partial charge >= 0.3 is 17.6 Å². The fraction of sp³-hybridized carbons (Fsp3) is 0.500. The third-order valence-corrected chi connectivity index (χ3v) is 6.38. The number of Topliss-reactive ketones (excluding diaryl/α,β-unsaturated/α-hetero) is 1. The third-order valence-electron chi connectivity index (χ3n) is 6.38. The molecule has 1 aliphatic carbocycles. The first-order valence-electron chi connectivity index (χ1n) is 12.7. The minimum Gasteiger partial charge on any atom is -0.465 e. The van der Waals surface area contributed by atoms with E-state index in [0.29, 0.717) is 6.42 Å². The van der Waals surface area contributed by atoms with E-state index in [1.165, 1.54) is 6.07 Å². The highest BCUT2D eigenvalue weighted by molar-refractivity contribution is 6.33. The summed E-state index contributed by atoms with van der Waals surface area (Å²) in [5.41, 5.74) is -5.41. The number of nitro benzene ring substituents is 1. The summed E-state index contributed by atoms with van der Waals surface area (Å²) in [6.45, 7) is 13.7. The van der Waals surface area contributed by atoms with Gasteiger partial charge in [0.2, 0.25) is 0 Å². The van der Waals surface area contributed by atoms with Crippen molar-refractivity contribution in [2.24, 2.45) is 10.8 Å². The molecule has 0 radical (unpaired) electrons. The molecule has 1 N–H and O–H groups in total. The minimum absolute atomic E-state index is 0.00204. The molecule has 1 aliphatic rings. The molecule has 0 spiro atoms. The summed E-state index contributed by atoms with van der Waals surface area (Å²) in [6, 6.07) is 3.51. The van der Waals surface area contributed by atoms with Gasteiger partial charge in [0, 0.05) is 28.3 Å². The van der Waals surface area contributed by atoms with E-state index < -0.39 is 44.8 Å². The van der Waals surface area contributed by atoms with Crippen LogP contribution in [-0.2, 0) is 23.9 Å². The van der Waals surface area contributed by atoms with Gasteiger partial charge in [0.15, 0.2) is 11.2 Å². The van der Waals surface area contributed by atoms with E-state index in [0.717, 1.165) is 19.1 Å². The molecule has 39 heavy (non-hydrogen) atoms. The van der Waals surface area contributed by atoms with Gasteiger partial charge in [-0.2, -0.15) is 0 Å². The van der Waals surface area contributed by atoms with Crippen molar-refractivity contribution < 1.29 is 33.2 Å². The highest BCUT2D eigenvalue weighted by Crippen LogP contribution is 2.43. The lowest BCUT2D eigenvalue weighted by Crippen LogP contribution is -2.53. The molecule has 1 unspecified atom stereocenters. The van der Waals surface area contributed by atoms with Crippen LogP contribution in [0.4, 0.5) is 5.69 Å². The largest absolute Gasteiger partial charge is 0.465 e. The number of nitro groups is 1. The minimum atomic E-state index is -2.41. The maximum absolute atomic E-state index is 13.8. The van der Waals surface area contributed by atoms with E-state index in [-0.39, 0.29) is 51.4 Å². The summed E-state index contributed by atoms with van der Waals surface area (Å²) in [4.78, 5) is 65.6. The van der Waals surface area contributed by atoms with Crippen molar-refractivity contribution in [2.45, 2.75) is 67.3 Å². The van der Waals surface area contributed by atoms with E-state index in [9.17, 15) is 29.3 Å². The Morgan fingerprint density at radius 3 is 2.18 bits per heavy atom. The molecule has 2 aromatic rings. The Labute approximate surface area is 225 Å². The van der Waals surface area contributed by atoms with Gasteiger partial charge in [-0.05, 0) is 52.5 Å². The van der Waals surface area contributed by atoms with Crippen LogP contribution in [0, 0.1) is 20.9 Å². The number of esters is 2. The lowest BCUT2D eigenvalue weighted by molar-refractivity contribution is -0.384. The van der Waals surface area contributed by atoms with Crippen LogP contribution in [0.2, 0.25) is 0 Å². The Morgan fingerprint density at radius 1 is 1.05 bits per heavy atom. The van der Waals surface area contributed by atoms with Crippen molar-refractivity contribution in [3.8, 4) is 0 Å². The van der Waals surface area contributed by atoms with Crippen molar-refractivity contribution in [2.75, 3.05) is 13.2 Å².